The maximum atomic E-state index is 11.3. The van der Waals surface area contributed by atoms with Crippen LogP contribution in [-0.4, -0.2) is 35.8 Å². The molecule has 0 fully saturated rings. The third kappa shape index (κ3) is 4.39. The molecular weight excluding hydrogens is 378 g/mol. The largest absolute Gasteiger partial charge is 0.492 e. The van der Waals surface area contributed by atoms with E-state index in [4.69, 9.17) is 4.74 Å². The van der Waals surface area contributed by atoms with Gasteiger partial charge in [-0.15, -0.1) is 0 Å². The summed E-state index contributed by atoms with van der Waals surface area (Å²) in [6.07, 6.45) is 0.630. The van der Waals surface area contributed by atoms with Gasteiger partial charge in [-0.1, -0.05) is 18.2 Å². The first kappa shape index (κ1) is 19.8. The lowest BCUT2D eigenvalue weighted by Gasteiger charge is -2.12. The molecule has 0 bridgehead atoms. The zero-order chi connectivity index (χ0) is 20.9. The summed E-state index contributed by atoms with van der Waals surface area (Å²) in [5.41, 5.74) is 4.90. The monoisotopic (exact) mass is 403 g/mol. The van der Waals surface area contributed by atoms with Crippen LogP contribution in [0.1, 0.15) is 12.5 Å². The number of carbonyl (C=O) groups is 1. The summed E-state index contributed by atoms with van der Waals surface area (Å²) in [6.45, 7) is 2.81. The molecule has 3 aromatic carbocycles. The molecule has 154 valence electrons. The molecular formula is C24H25N3O3. The molecule has 4 N–H and O–H groups in total. The molecule has 0 radical (unpaired) electrons. The minimum absolute atomic E-state index is 0.0857. The number of H-pyrrole nitrogens is 1. The van der Waals surface area contributed by atoms with E-state index in [1.807, 2.05) is 60.7 Å². The first-order valence-corrected chi connectivity index (χ1v) is 10.0. The van der Waals surface area contributed by atoms with Gasteiger partial charge in [0.1, 0.15) is 12.4 Å². The SMILES string of the molecule is CC(=O)Nc1ccc2[nH]c3cc(OCCNc4ccccc4CCO)ccc3c2c1. The second kappa shape index (κ2) is 8.88. The fourth-order valence-electron chi connectivity index (χ4n) is 3.64. The maximum Gasteiger partial charge on any atom is 0.221 e. The molecule has 0 aliphatic heterocycles. The number of carbonyl (C=O) groups excluding carboxylic acids is 1. The van der Waals surface area contributed by atoms with Crippen molar-refractivity contribution >= 4 is 39.1 Å². The Labute approximate surface area is 174 Å². The third-order valence-corrected chi connectivity index (χ3v) is 4.98. The molecule has 0 aliphatic carbocycles. The maximum absolute atomic E-state index is 11.3. The molecule has 0 unspecified atom stereocenters. The summed E-state index contributed by atoms with van der Waals surface area (Å²) in [5.74, 6) is 0.707. The van der Waals surface area contributed by atoms with Crippen LogP contribution in [0.5, 0.6) is 5.75 Å². The van der Waals surface area contributed by atoms with Crippen molar-refractivity contribution in [3.8, 4) is 5.75 Å². The standard InChI is InChI=1S/C24H25N3O3/c1-16(29)26-18-6-9-23-21(14-18)20-8-7-19(15-24(20)27-23)30-13-11-25-22-5-3-2-4-17(22)10-12-28/h2-9,14-15,25,27-28H,10-13H2,1H3,(H,26,29). The number of para-hydroxylation sites is 1. The number of rotatable bonds is 8. The van der Waals surface area contributed by atoms with Gasteiger partial charge in [0, 0.05) is 53.8 Å². The van der Waals surface area contributed by atoms with Crippen LogP contribution in [0.15, 0.2) is 60.7 Å². The molecule has 1 aromatic heterocycles. The van der Waals surface area contributed by atoms with Crippen LogP contribution in [0.25, 0.3) is 21.8 Å². The second-order valence-corrected chi connectivity index (χ2v) is 7.18. The van der Waals surface area contributed by atoms with Gasteiger partial charge in [0.25, 0.3) is 0 Å². The number of hydrogen-bond acceptors (Lipinski definition) is 4. The summed E-state index contributed by atoms with van der Waals surface area (Å²) < 4.78 is 5.92. The van der Waals surface area contributed by atoms with Gasteiger partial charge in [-0.25, -0.2) is 0 Å². The van der Waals surface area contributed by atoms with Gasteiger partial charge in [-0.2, -0.15) is 0 Å². The predicted octanol–water partition coefficient (Wildman–Crippen LogP) is 4.31. The lowest BCUT2D eigenvalue weighted by Crippen LogP contribution is -2.12. The van der Waals surface area contributed by atoms with E-state index in [-0.39, 0.29) is 12.5 Å². The fraction of sp³-hybridized carbons (Fsp3) is 0.208. The molecule has 30 heavy (non-hydrogen) atoms. The number of aromatic nitrogens is 1. The van der Waals surface area contributed by atoms with E-state index in [1.165, 1.54) is 6.92 Å². The summed E-state index contributed by atoms with van der Waals surface area (Å²) in [7, 11) is 0. The highest BCUT2D eigenvalue weighted by Crippen LogP contribution is 2.30. The highest BCUT2D eigenvalue weighted by molar-refractivity contribution is 6.09. The molecule has 1 heterocycles. The van der Waals surface area contributed by atoms with Crippen LogP contribution in [0, 0.1) is 0 Å². The van der Waals surface area contributed by atoms with E-state index in [9.17, 15) is 9.90 Å². The van der Waals surface area contributed by atoms with E-state index in [0.29, 0.717) is 19.6 Å². The van der Waals surface area contributed by atoms with Gasteiger partial charge in [-0.3, -0.25) is 4.79 Å². The summed E-state index contributed by atoms with van der Waals surface area (Å²) in [5, 5.41) is 17.5. The Morgan fingerprint density at radius 2 is 1.90 bits per heavy atom. The average molecular weight is 403 g/mol. The van der Waals surface area contributed by atoms with Gasteiger partial charge in [-0.05, 0) is 48.4 Å². The van der Waals surface area contributed by atoms with Crippen LogP contribution in [-0.2, 0) is 11.2 Å². The molecule has 6 heteroatoms. The lowest BCUT2D eigenvalue weighted by atomic mass is 10.1. The van der Waals surface area contributed by atoms with E-state index in [1.54, 1.807) is 0 Å². The van der Waals surface area contributed by atoms with Crippen molar-refractivity contribution in [1.82, 2.24) is 4.98 Å². The van der Waals surface area contributed by atoms with Crippen molar-refractivity contribution in [1.29, 1.82) is 0 Å². The van der Waals surface area contributed by atoms with Crippen molar-refractivity contribution in [3.63, 3.8) is 0 Å². The normalized spacial score (nSPS) is 11.0. The van der Waals surface area contributed by atoms with Crippen molar-refractivity contribution in [2.45, 2.75) is 13.3 Å². The molecule has 0 saturated heterocycles. The highest BCUT2D eigenvalue weighted by atomic mass is 16.5. The van der Waals surface area contributed by atoms with Crippen molar-refractivity contribution in [3.05, 3.63) is 66.2 Å². The smallest absolute Gasteiger partial charge is 0.221 e. The zero-order valence-corrected chi connectivity index (χ0v) is 16.9. The van der Waals surface area contributed by atoms with Crippen molar-refractivity contribution in [2.24, 2.45) is 0 Å². The first-order chi connectivity index (χ1) is 14.6. The van der Waals surface area contributed by atoms with E-state index < -0.39 is 0 Å². The number of nitrogens with one attached hydrogen (secondary N) is 3. The Kier molecular flexibility index (Phi) is 5.86. The van der Waals surface area contributed by atoms with E-state index in [0.717, 1.165) is 44.5 Å². The number of fused-ring (bicyclic) bond motifs is 3. The van der Waals surface area contributed by atoms with E-state index in [2.05, 4.69) is 15.6 Å². The fourth-order valence-corrected chi connectivity index (χ4v) is 3.64. The van der Waals surface area contributed by atoms with Gasteiger partial charge >= 0.3 is 0 Å². The molecule has 4 aromatic rings. The Hall–Kier alpha value is -3.51. The minimum atomic E-state index is -0.0857. The summed E-state index contributed by atoms with van der Waals surface area (Å²) in [6, 6.07) is 19.8. The predicted molar refractivity (Wildman–Crippen MR) is 121 cm³/mol. The van der Waals surface area contributed by atoms with Crippen LogP contribution in [0.3, 0.4) is 0 Å². The number of aromatic amines is 1. The van der Waals surface area contributed by atoms with Gasteiger partial charge < -0.3 is 25.5 Å². The number of benzene rings is 3. The zero-order valence-electron chi connectivity index (χ0n) is 16.9. The third-order valence-electron chi connectivity index (χ3n) is 4.98. The molecule has 4 rings (SSSR count). The van der Waals surface area contributed by atoms with Crippen LogP contribution in [0.4, 0.5) is 11.4 Å². The Morgan fingerprint density at radius 3 is 2.73 bits per heavy atom. The number of aliphatic hydroxyl groups is 1. The average Bonchev–Trinajstić information content (AvgIpc) is 3.09. The molecule has 0 spiro atoms. The lowest BCUT2D eigenvalue weighted by molar-refractivity contribution is -0.114. The number of anilines is 2. The molecule has 0 aliphatic rings. The number of amides is 1. The van der Waals surface area contributed by atoms with E-state index >= 15 is 0 Å². The summed E-state index contributed by atoms with van der Waals surface area (Å²) in [4.78, 5) is 14.7. The molecule has 6 nitrogen and oxygen atoms in total. The van der Waals surface area contributed by atoms with Crippen LogP contribution in [0.2, 0.25) is 0 Å². The van der Waals surface area contributed by atoms with Gasteiger partial charge in [0.2, 0.25) is 5.91 Å². The van der Waals surface area contributed by atoms with Gasteiger partial charge in [0.15, 0.2) is 0 Å². The second-order valence-electron chi connectivity index (χ2n) is 7.18. The number of hydrogen-bond donors (Lipinski definition) is 4. The number of ether oxygens (including phenoxy) is 1. The quantitative estimate of drug-likeness (QED) is 0.330. The van der Waals surface area contributed by atoms with Crippen LogP contribution < -0.4 is 15.4 Å². The molecule has 0 atom stereocenters. The Morgan fingerprint density at radius 1 is 1.03 bits per heavy atom. The number of aliphatic hydroxyl groups excluding tert-OH is 1. The van der Waals surface area contributed by atoms with Gasteiger partial charge in [0.05, 0.1) is 5.52 Å². The molecule has 0 saturated carbocycles. The molecule has 1 amide bonds. The van der Waals surface area contributed by atoms with Crippen molar-refractivity contribution in [2.75, 3.05) is 30.4 Å². The topological polar surface area (TPSA) is 86.4 Å². The minimum Gasteiger partial charge on any atom is -0.492 e. The van der Waals surface area contributed by atoms with Crippen LogP contribution >= 0.6 is 0 Å². The Bertz CT molecular complexity index is 1180. The highest BCUT2D eigenvalue weighted by Gasteiger charge is 2.07. The van der Waals surface area contributed by atoms with Crippen molar-refractivity contribution < 1.29 is 14.6 Å². The Balaban J connectivity index is 1.43. The first-order valence-electron chi connectivity index (χ1n) is 10.0. The summed E-state index contributed by atoms with van der Waals surface area (Å²) >= 11 is 0.